The summed E-state index contributed by atoms with van der Waals surface area (Å²) in [6.07, 6.45) is 4.01. The molecule has 1 heterocycles. The molecule has 1 fully saturated rings. The summed E-state index contributed by atoms with van der Waals surface area (Å²) in [4.78, 5) is 0. The molecule has 1 aromatic heterocycles. The predicted octanol–water partition coefficient (Wildman–Crippen LogP) is 2.82. The number of aryl methyl sites for hydroxylation is 1. The fourth-order valence-corrected chi connectivity index (χ4v) is 2.78. The van der Waals surface area contributed by atoms with Crippen LogP contribution in [-0.2, 0) is 5.54 Å². The topological polar surface area (TPSA) is 38.0 Å². The van der Waals surface area contributed by atoms with Crippen molar-refractivity contribution in [2.45, 2.75) is 65.0 Å². The maximum absolute atomic E-state index is 9.77. The third kappa shape index (κ3) is 2.13. The molecule has 3 unspecified atom stereocenters. The molecule has 3 nitrogen and oxygen atoms in total. The van der Waals surface area contributed by atoms with Crippen molar-refractivity contribution in [3.8, 4) is 0 Å². The van der Waals surface area contributed by atoms with Crippen molar-refractivity contribution in [3.63, 3.8) is 0 Å². The second kappa shape index (κ2) is 4.13. The lowest BCUT2D eigenvalue weighted by atomic mass is 9.66. The SMILES string of the molecule is CCC1C(O)CC1c1cn(C(C)(C)C)nc1C. The highest BCUT2D eigenvalue weighted by Gasteiger charge is 2.41. The lowest BCUT2D eigenvalue weighted by Crippen LogP contribution is -2.39. The highest BCUT2D eigenvalue weighted by atomic mass is 16.3. The standard InChI is InChI=1S/C14H24N2O/c1-6-10-11(7-13(10)17)12-8-16(14(3,4)5)15-9(12)2/h8,10-11,13,17H,6-7H2,1-5H3. The minimum absolute atomic E-state index is 0.0348. The van der Waals surface area contributed by atoms with Gasteiger partial charge < -0.3 is 5.11 Å². The molecule has 0 amide bonds. The van der Waals surface area contributed by atoms with E-state index in [4.69, 9.17) is 0 Å². The van der Waals surface area contributed by atoms with Crippen molar-refractivity contribution < 1.29 is 5.11 Å². The first-order chi connectivity index (χ1) is 7.84. The Morgan fingerprint density at radius 3 is 2.53 bits per heavy atom. The van der Waals surface area contributed by atoms with E-state index >= 15 is 0 Å². The van der Waals surface area contributed by atoms with Crippen LogP contribution in [-0.4, -0.2) is 21.0 Å². The summed E-state index contributed by atoms with van der Waals surface area (Å²) in [6, 6.07) is 0. The predicted molar refractivity (Wildman–Crippen MR) is 69.1 cm³/mol. The van der Waals surface area contributed by atoms with Crippen LogP contribution in [0.2, 0.25) is 0 Å². The molecule has 96 valence electrons. The number of aromatic nitrogens is 2. The Morgan fingerprint density at radius 1 is 1.47 bits per heavy atom. The van der Waals surface area contributed by atoms with Crippen molar-refractivity contribution in [2.75, 3.05) is 0 Å². The van der Waals surface area contributed by atoms with Crippen LogP contribution >= 0.6 is 0 Å². The van der Waals surface area contributed by atoms with Gasteiger partial charge in [-0.1, -0.05) is 13.3 Å². The molecule has 0 bridgehead atoms. The molecule has 2 rings (SSSR count). The quantitative estimate of drug-likeness (QED) is 0.857. The van der Waals surface area contributed by atoms with Gasteiger partial charge in [-0.2, -0.15) is 5.10 Å². The molecule has 17 heavy (non-hydrogen) atoms. The van der Waals surface area contributed by atoms with E-state index in [0.29, 0.717) is 11.8 Å². The second-order valence-electron chi connectivity index (χ2n) is 6.27. The van der Waals surface area contributed by atoms with E-state index in [1.54, 1.807) is 0 Å². The molecule has 0 aromatic carbocycles. The van der Waals surface area contributed by atoms with Gasteiger partial charge in [0.05, 0.1) is 17.3 Å². The third-order valence-corrected chi connectivity index (χ3v) is 4.00. The summed E-state index contributed by atoms with van der Waals surface area (Å²) in [7, 11) is 0. The van der Waals surface area contributed by atoms with E-state index in [1.165, 1.54) is 5.56 Å². The molecule has 1 aliphatic carbocycles. The van der Waals surface area contributed by atoms with Crippen LogP contribution in [0.3, 0.4) is 0 Å². The summed E-state index contributed by atoms with van der Waals surface area (Å²) in [5.74, 6) is 0.928. The van der Waals surface area contributed by atoms with E-state index < -0.39 is 0 Å². The monoisotopic (exact) mass is 236 g/mol. The molecule has 3 atom stereocenters. The Balaban J connectivity index is 2.26. The first-order valence-electron chi connectivity index (χ1n) is 6.59. The fourth-order valence-electron chi connectivity index (χ4n) is 2.78. The van der Waals surface area contributed by atoms with Gasteiger partial charge in [-0.3, -0.25) is 4.68 Å². The molecular weight excluding hydrogens is 212 g/mol. The summed E-state index contributed by atoms with van der Waals surface area (Å²) in [5.41, 5.74) is 2.49. The average Bonchev–Trinajstić information content (AvgIpc) is 2.56. The third-order valence-electron chi connectivity index (χ3n) is 4.00. The molecular formula is C14H24N2O. The Hall–Kier alpha value is -0.830. The number of aliphatic hydroxyl groups is 1. The van der Waals surface area contributed by atoms with Gasteiger partial charge in [-0.05, 0) is 51.5 Å². The Morgan fingerprint density at radius 2 is 2.12 bits per heavy atom. The van der Waals surface area contributed by atoms with E-state index in [-0.39, 0.29) is 11.6 Å². The zero-order valence-electron chi connectivity index (χ0n) is 11.6. The maximum atomic E-state index is 9.77. The van der Waals surface area contributed by atoms with Crippen LogP contribution in [0.4, 0.5) is 0 Å². The molecule has 0 spiro atoms. The van der Waals surface area contributed by atoms with Crippen molar-refractivity contribution in [2.24, 2.45) is 5.92 Å². The largest absolute Gasteiger partial charge is 0.393 e. The number of nitrogens with zero attached hydrogens (tertiary/aromatic N) is 2. The number of rotatable bonds is 2. The molecule has 0 radical (unpaired) electrons. The fraction of sp³-hybridized carbons (Fsp3) is 0.786. The molecule has 1 aliphatic rings. The Kier molecular flexibility index (Phi) is 3.06. The maximum Gasteiger partial charge on any atom is 0.0628 e. The lowest BCUT2D eigenvalue weighted by molar-refractivity contribution is -0.000963. The van der Waals surface area contributed by atoms with Crippen molar-refractivity contribution in [3.05, 3.63) is 17.5 Å². The number of hydrogen-bond acceptors (Lipinski definition) is 2. The highest BCUT2D eigenvalue weighted by molar-refractivity contribution is 5.26. The van der Waals surface area contributed by atoms with Crippen LogP contribution in [0.25, 0.3) is 0 Å². The molecule has 3 heteroatoms. The van der Waals surface area contributed by atoms with Gasteiger partial charge in [0.1, 0.15) is 0 Å². The van der Waals surface area contributed by atoms with Crippen molar-refractivity contribution >= 4 is 0 Å². The molecule has 0 saturated heterocycles. The minimum atomic E-state index is -0.109. The zero-order chi connectivity index (χ0) is 12.8. The molecule has 1 saturated carbocycles. The molecule has 1 N–H and O–H groups in total. The summed E-state index contributed by atoms with van der Waals surface area (Å²) < 4.78 is 2.05. The van der Waals surface area contributed by atoms with Gasteiger partial charge >= 0.3 is 0 Å². The van der Waals surface area contributed by atoms with Gasteiger partial charge in [-0.25, -0.2) is 0 Å². The minimum Gasteiger partial charge on any atom is -0.393 e. The molecule has 1 aromatic rings. The Bertz CT molecular complexity index is 403. The van der Waals surface area contributed by atoms with E-state index in [2.05, 4.69) is 50.6 Å². The summed E-state index contributed by atoms with van der Waals surface area (Å²) in [6.45, 7) is 10.7. The van der Waals surface area contributed by atoms with Crippen molar-refractivity contribution in [1.82, 2.24) is 9.78 Å². The molecule has 0 aliphatic heterocycles. The Labute approximate surface area is 104 Å². The highest BCUT2D eigenvalue weighted by Crippen LogP contribution is 2.45. The number of hydrogen-bond donors (Lipinski definition) is 1. The first kappa shape index (κ1) is 12.6. The van der Waals surface area contributed by atoms with Crippen molar-refractivity contribution in [1.29, 1.82) is 0 Å². The van der Waals surface area contributed by atoms with Gasteiger partial charge in [0.15, 0.2) is 0 Å². The van der Waals surface area contributed by atoms with Crippen LogP contribution in [0.15, 0.2) is 6.20 Å². The average molecular weight is 236 g/mol. The van der Waals surface area contributed by atoms with E-state index in [0.717, 1.165) is 18.5 Å². The second-order valence-corrected chi connectivity index (χ2v) is 6.27. The van der Waals surface area contributed by atoms with Crippen LogP contribution in [0.5, 0.6) is 0 Å². The lowest BCUT2D eigenvalue weighted by Gasteiger charge is -2.41. The van der Waals surface area contributed by atoms with E-state index in [1.807, 2.05) is 0 Å². The first-order valence-corrected chi connectivity index (χ1v) is 6.59. The van der Waals surface area contributed by atoms with Crippen LogP contribution < -0.4 is 0 Å². The van der Waals surface area contributed by atoms with Crippen LogP contribution in [0, 0.1) is 12.8 Å². The smallest absolute Gasteiger partial charge is 0.0628 e. The van der Waals surface area contributed by atoms with Crippen LogP contribution in [0.1, 0.15) is 57.7 Å². The zero-order valence-corrected chi connectivity index (χ0v) is 11.6. The van der Waals surface area contributed by atoms with Gasteiger partial charge in [-0.15, -0.1) is 0 Å². The van der Waals surface area contributed by atoms with Gasteiger partial charge in [0, 0.05) is 6.20 Å². The van der Waals surface area contributed by atoms with E-state index in [9.17, 15) is 5.11 Å². The van der Waals surface area contributed by atoms with Gasteiger partial charge in [0.25, 0.3) is 0 Å². The number of aliphatic hydroxyl groups excluding tert-OH is 1. The van der Waals surface area contributed by atoms with Gasteiger partial charge in [0.2, 0.25) is 0 Å². The summed E-state index contributed by atoms with van der Waals surface area (Å²) in [5, 5.41) is 14.4. The summed E-state index contributed by atoms with van der Waals surface area (Å²) >= 11 is 0. The normalized spacial score (nSPS) is 29.2.